The Balaban J connectivity index is 1.71. The van der Waals surface area contributed by atoms with E-state index >= 15 is 0 Å². The fraction of sp³-hybridized carbons (Fsp3) is 0.417. The molecule has 0 amide bonds. The Morgan fingerprint density at radius 2 is 1.27 bits per heavy atom. The van der Waals surface area contributed by atoms with E-state index in [2.05, 4.69) is 0 Å². The van der Waals surface area contributed by atoms with E-state index in [1.54, 1.807) is 20.3 Å². The van der Waals surface area contributed by atoms with Crippen molar-refractivity contribution in [1.82, 2.24) is 0 Å². The first-order valence-electron chi connectivity index (χ1n) is 10.1. The van der Waals surface area contributed by atoms with Crippen LogP contribution in [0.4, 0.5) is 0 Å². The summed E-state index contributed by atoms with van der Waals surface area (Å²) in [6.45, 7) is 1.99. The zero-order chi connectivity index (χ0) is 21.7. The molecular formula is C24H28O6. The molecule has 6 heteroatoms. The Kier molecular flexibility index (Phi) is 6.98. The fourth-order valence-corrected chi connectivity index (χ4v) is 3.85. The number of rotatable bonds is 6. The Morgan fingerprint density at radius 3 is 1.83 bits per heavy atom. The van der Waals surface area contributed by atoms with Crippen LogP contribution in [0.15, 0.2) is 36.4 Å². The first-order chi connectivity index (χ1) is 14.5. The molecule has 3 rings (SSSR count). The molecule has 0 spiro atoms. The number of carbonyl (C=O) groups is 2. The van der Waals surface area contributed by atoms with E-state index in [1.807, 2.05) is 37.3 Å². The topological polar surface area (TPSA) is 71.1 Å². The standard InChI is InChI=1S/C24H28O6/c1-15-5-6-18(13-21(15)27-2)19-11-12-20(22(14-19)28-3)30-24(26)17-9-7-16(8-10-17)23(25)29-4/h5-6,11-14,16-17H,7-10H2,1-4H3. The summed E-state index contributed by atoms with van der Waals surface area (Å²) in [5.41, 5.74) is 2.97. The van der Waals surface area contributed by atoms with Crippen molar-refractivity contribution in [1.29, 1.82) is 0 Å². The highest BCUT2D eigenvalue weighted by Gasteiger charge is 2.31. The molecule has 6 nitrogen and oxygen atoms in total. The summed E-state index contributed by atoms with van der Waals surface area (Å²) in [6, 6.07) is 11.5. The quantitative estimate of drug-likeness (QED) is 0.512. The van der Waals surface area contributed by atoms with Crippen LogP contribution in [0.5, 0.6) is 17.2 Å². The molecule has 0 atom stereocenters. The molecule has 2 aromatic rings. The Hall–Kier alpha value is -3.02. The summed E-state index contributed by atoms with van der Waals surface area (Å²) in [5.74, 6) is 0.845. The summed E-state index contributed by atoms with van der Waals surface area (Å²) in [7, 11) is 4.59. The maximum absolute atomic E-state index is 12.6. The molecular weight excluding hydrogens is 384 g/mol. The fourth-order valence-electron chi connectivity index (χ4n) is 3.85. The molecule has 30 heavy (non-hydrogen) atoms. The summed E-state index contributed by atoms with van der Waals surface area (Å²) in [6.07, 6.45) is 2.50. The van der Waals surface area contributed by atoms with E-state index in [1.165, 1.54) is 7.11 Å². The second-order valence-corrected chi connectivity index (χ2v) is 7.54. The lowest BCUT2D eigenvalue weighted by atomic mass is 9.82. The monoisotopic (exact) mass is 412 g/mol. The van der Waals surface area contributed by atoms with E-state index in [-0.39, 0.29) is 23.8 Å². The Bertz CT molecular complexity index is 912. The van der Waals surface area contributed by atoms with Crippen molar-refractivity contribution in [2.45, 2.75) is 32.6 Å². The highest BCUT2D eigenvalue weighted by atomic mass is 16.6. The second kappa shape index (κ2) is 9.65. The van der Waals surface area contributed by atoms with Gasteiger partial charge in [0.05, 0.1) is 33.2 Å². The molecule has 1 saturated carbocycles. The minimum Gasteiger partial charge on any atom is -0.496 e. The van der Waals surface area contributed by atoms with Crippen LogP contribution in [0.2, 0.25) is 0 Å². The van der Waals surface area contributed by atoms with Gasteiger partial charge in [-0.3, -0.25) is 9.59 Å². The van der Waals surface area contributed by atoms with E-state index in [4.69, 9.17) is 18.9 Å². The number of benzene rings is 2. The third kappa shape index (κ3) is 4.75. The van der Waals surface area contributed by atoms with E-state index in [0.717, 1.165) is 22.4 Å². The Morgan fingerprint density at radius 1 is 0.733 bits per heavy atom. The summed E-state index contributed by atoms with van der Waals surface area (Å²) in [4.78, 5) is 24.3. The van der Waals surface area contributed by atoms with Crippen molar-refractivity contribution in [2.75, 3.05) is 21.3 Å². The molecule has 0 aliphatic heterocycles. The number of carbonyl (C=O) groups excluding carboxylic acids is 2. The predicted molar refractivity (Wildman–Crippen MR) is 113 cm³/mol. The molecule has 0 bridgehead atoms. The largest absolute Gasteiger partial charge is 0.496 e. The highest BCUT2D eigenvalue weighted by molar-refractivity contribution is 5.78. The van der Waals surface area contributed by atoms with Gasteiger partial charge in [0.15, 0.2) is 11.5 Å². The molecule has 0 N–H and O–H groups in total. The summed E-state index contributed by atoms with van der Waals surface area (Å²) in [5, 5.41) is 0. The molecule has 0 saturated heterocycles. The number of hydrogen-bond acceptors (Lipinski definition) is 6. The van der Waals surface area contributed by atoms with Crippen molar-refractivity contribution in [3.63, 3.8) is 0 Å². The van der Waals surface area contributed by atoms with Crippen LogP contribution in [-0.2, 0) is 14.3 Å². The maximum atomic E-state index is 12.6. The maximum Gasteiger partial charge on any atom is 0.314 e. The van der Waals surface area contributed by atoms with Crippen molar-refractivity contribution in [3.8, 4) is 28.4 Å². The van der Waals surface area contributed by atoms with Gasteiger partial charge >= 0.3 is 11.9 Å². The molecule has 0 radical (unpaired) electrons. The van der Waals surface area contributed by atoms with Crippen molar-refractivity contribution >= 4 is 11.9 Å². The minimum atomic E-state index is -0.290. The average molecular weight is 412 g/mol. The first kappa shape index (κ1) is 21.7. The normalized spacial score (nSPS) is 18.4. The van der Waals surface area contributed by atoms with Gasteiger partial charge in [-0.05, 0) is 67.5 Å². The van der Waals surface area contributed by atoms with Crippen LogP contribution in [0.1, 0.15) is 31.2 Å². The lowest BCUT2D eigenvalue weighted by molar-refractivity contribution is -0.149. The molecule has 1 aliphatic carbocycles. The molecule has 0 heterocycles. The van der Waals surface area contributed by atoms with Crippen LogP contribution in [0.25, 0.3) is 11.1 Å². The van der Waals surface area contributed by atoms with Crippen LogP contribution in [-0.4, -0.2) is 33.3 Å². The van der Waals surface area contributed by atoms with Crippen molar-refractivity contribution in [3.05, 3.63) is 42.0 Å². The second-order valence-electron chi connectivity index (χ2n) is 7.54. The first-order valence-corrected chi connectivity index (χ1v) is 10.1. The molecule has 2 aromatic carbocycles. The zero-order valence-corrected chi connectivity index (χ0v) is 17.9. The van der Waals surface area contributed by atoms with Gasteiger partial charge in [0.25, 0.3) is 0 Å². The van der Waals surface area contributed by atoms with E-state index in [9.17, 15) is 9.59 Å². The molecule has 160 valence electrons. The zero-order valence-electron chi connectivity index (χ0n) is 17.9. The van der Waals surface area contributed by atoms with Gasteiger partial charge in [-0.25, -0.2) is 0 Å². The van der Waals surface area contributed by atoms with Gasteiger partial charge in [-0.1, -0.05) is 18.2 Å². The van der Waals surface area contributed by atoms with Crippen LogP contribution in [0, 0.1) is 18.8 Å². The van der Waals surface area contributed by atoms with Crippen molar-refractivity contribution in [2.24, 2.45) is 11.8 Å². The van der Waals surface area contributed by atoms with E-state index < -0.39 is 0 Å². The summed E-state index contributed by atoms with van der Waals surface area (Å²) >= 11 is 0. The van der Waals surface area contributed by atoms with Gasteiger partial charge < -0.3 is 18.9 Å². The minimum absolute atomic E-state index is 0.126. The van der Waals surface area contributed by atoms with Gasteiger partial charge in [-0.2, -0.15) is 0 Å². The predicted octanol–water partition coefficient (Wildman–Crippen LogP) is 4.56. The van der Waals surface area contributed by atoms with Crippen molar-refractivity contribution < 1.29 is 28.5 Å². The highest BCUT2D eigenvalue weighted by Crippen LogP contribution is 2.36. The number of methoxy groups -OCH3 is 3. The lowest BCUT2D eigenvalue weighted by Crippen LogP contribution is -2.29. The third-order valence-corrected chi connectivity index (χ3v) is 5.71. The number of esters is 2. The molecule has 1 aliphatic rings. The van der Waals surface area contributed by atoms with Gasteiger partial charge in [-0.15, -0.1) is 0 Å². The average Bonchev–Trinajstić information content (AvgIpc) is 2.79. The van der Waals surface area contributed by atoms with E-state index in [0.29, 0.717) is 37.2 Å². The lowest BCUT2D eigenvalue weighted by Gasteiger charge is -2.25. The van der Waals surface area contributed by atoms with Crippen LogP contribution >= 0.6 is 0 Å². The smallest absolute Gasteiger partial charge is 0.314 e. The number of aryl methyl sites for hydroxylation is 1. The van der Waals surface area contributed by atoms with Crippen LogP contribution in [0.3, 0.4) is 0 Å². The summed E-state index contributed by atoms with van der Waals surface area (Å²) < 4.78 is 21.3. The van der Waals surface area contributed by atoms with Gasteiger partial charge in [0.2, 0.25) is 0 Å². The van der Waals surface area contributed by atoms with Crippen LogP contribution < -0.4 is 14.2 Å². The molecule has 0 aromatic heterocycles. The van der Waals surface area contributed by atoms with Gasteiger partial charge in [0, 0.05) is 0 Å². The SMILES string of the molecule is COC(=O)C1CCC(C(=O)Oc2ccc(-c3ccc(C)c(OC)c3)cc2OC)CC1. The number of ether oxygens (including phenoxy) is 4. The Labute approximate surface area is 177 Å². The van der Waals surface area contributed by atoms with Gasteiger partial charge in [0.1, 0.15) is 5.75 Å². The third-order valence-electron chi connectivity index (χ3n) is 5.71. The number of hydrogen-bond donors (Lipinski definition) is 0. The molecule has 1 fully saturated rings. The molecule has 0 unspecified atom stereocenters.